The van der Waals surface area contributed by atoms with Gasteiger partial charge in [0.1, 0.15) is 5.82 Å². The molecule has 0 unspecified atom stereocenters. The molecule has 0 saturated carbocycles. The molecule has 0 spiro atoms. The Labute approximate surface area is 154 Å². The van der Waals surface area contributed by atoms with Crippen LogP contribution in [0, 0.1) is 19.8 Å². The van der Waals surface area contributed by atoms with Crippen molar-refractivity contribution in [2.75, 3.05) is 18.0 Å². The van der Waals surface area contributed by atoms with Gasteiger partial charge in [0.25, 0.3) is 0 Å². The summed E-state index contributed by atoms with van der Waals surface area (Å²) in [7, 11) is 0. The third kappa shape index (κ3) is 3.62. The van der Waals surface area contributed by atoms with E-state index in [0.29, 0.717) is 0 Å². The second-order valence-corrected chi connectivity index (χ2v) is 7.19. The van der Waals surface area contributed by atoms with Crippen molar-refractivity contribution in [2.24, 2.45) is 5.92 Å². The minimum atomic E-state index is 0.751. The zero-order valence-corrected chi connectivity index (χ0v) is 15.5. The molecule has 0 bridgehead atoms. The van der Waals surface area contributed by atoms with Crippen LogP contribution in [0.15, 0.2) is 48.8 Å². The molecule has 1 fully saturated rings. The molecule has 1 aliphatic heterocycles. The number of aromatic nitrogens is 4. The minimum absolute atomic E-state index is 0.751. The van der Waals surface area contributed by atoms with Crippen LogP contribution in [-0.4, -0.2) is 32.8 Å². The Bertz CT molecular complexity index is 863. The molecule has 5 heteroatoms. The quantitative estimate of drug-likeness (QED) is 0.721. The predicted octanol–water partition coefficient (Wildman–Crippen LogP) is 3.74. The van der Waals surface area contributed by atoms with Crippen molar-refractivity contribution in [3.63, 3.8) is 0 Å². The first-order chi connectivity index (χ1) is 12.7. The Morgan fingerprint density at radius 2 is 1.73 bits per heavy atom. The highest BCUT2D eigenvalue weighted by Crippen LogP contribution is 2.25. The molecule has 1 aliphatic rings. The fourth-order valence-electron chi connectivity index (χ4n) is 3.77. The van der Waals surface area contributed by atoms with E-state index in [1.807, 2.05) is 24.7 Å². The van der Waals surface area contributed by atoms with Gasteiger partial charge in [-0.2, -0.15) is 5.10 Å². The van der Waals surface area contributed by atoms with E-state index in [9.17, 15) is 0 Å². The molecule has 134 valence electrons. The maximum Gasteiger partial charge on any atom is 0.174 e. The van der Waals surface area contributed by atoms with E-state index in [0.717, 1.165) is 42.0 Å². The highest BCUT2D eigenvalue weighted by molar-refractivity contribution is 5.40. The van der Waals surface area contributed by atoms with Crippen molar-refractivity contribution >= 4 is 5.82 Å². The van der Waals surface area contributed by atoms with Crippen LogP contribution in [-0.2, 0) is 6.42 Å². The number of anilines is 1. The number of hydrogen-bond donors (Lipinski definition) is 0. The molecule has 2 aromatic heterocycles. The van der Waals surface area contributed by atoms with Crippen LogP contribution >= 0.6 is 0 Å². The van der Waals surface area contributed by atoms with E-state index in [1.54, 1.807) is 6.20 Å². The lowest BCUT2D eigenvalue weighted by Crippen LogP contribution is -2.35. The third-order valence-electron chi connectivity index (χ3n) is 5.14. The van der Waals surface area contributed by atoms with Crippen LogP contribution in [0.25, 0.3) is 5.82 Å². The number of nitrogens with zero attached hydrogens (tertiary/aromatic N) is 5. The Kier molecular flexibility index (Phi) is 4.69. The largest absolute Gasteiger partial charge is 0.355 e. The van der Waals surface area contributed by atoms with Gasteiger partial charge < -0.3 is 4.90 Å². The van der Waals surface area contributed by atoms with Gasteiger partial charge in [-0.25, -0.2) is 9.67 Å². The molecule has 1 saturated heterocycles. The van der Waals surface area contributed by atoms with Crippen molar-refractivity contribution in [1.82, 2.24) is 19.7 Å². The van der Waals surface area contributed by atoms with Gasteiger partial charge in [-0.15, -0.1) is 0 Å². The van der Waals surface area contributed by atoms with Gasteiger partial charge >= 0.3 is 0 Å². The summed E-state index contributed by atoms with van der Waals surface area (Å²) in [5.41, 5.74) is 3.52. The van der Waals surface area contributed by atoms with Gasteiger partial charge in [0, 0.05) is 18.8 Å². The topological polar surface area (TPSA) is 46.8 Å². The highest BCUT2D eigenvalue weighted by Gasteiger charge is 2.21. The highest BCUT2D eigenvalue weighted by atomic mass is 15.3. The monoisotopic (exact) mass is 347 g/mol. The lowest BCUT2D eigenvalue weighted by Gasteiger charge is -2.32. The van der Waals surface area contributed by atoms with Crippen LogP contribution in [0.4, 0.5) is 5.82 Å². The van der Waals surface area contributed by atoms with E-state index >= 15 is 0 Å². The Balaban J connectivity index is 1.43. The molecular formula is C21H25N5. The van der Waals surface area contributed by atoms with Gasteiger partial charge in [-0.05, 0) is 50.7 Å². The van der Waals surface area contributed by atoms with Crippen LogP contribution in [0.3, 0.4) is 0 Å². The van der Waals surface area contributed by atoms with E-state index < -0.39 is 0 Å². The molecule has 4 rings (SSSR count). The van der Waals surface area contributed by atoms with Crippen molar-refractivity contribution in [3.8, 4) is 5.82 Å². The van der Waals surface area contributed by atoms with E-state index in [2.05, 4.69) is 51.4 Å². The molecule has 0 N–H and O–H groups in total. The third-order valence-corrected chi connectivity index (χ3v) is 5.14. The summed E-state index contributed by atoms with van der Waals surface area (Å²) in [5, 5.41) is 4.52. The number of rotatable bonds is 4. The zero-order chi connectivity index (χ0) is 17.9. The standard InChI is InChI=1S/C21H25N5/c1-16-12-17(2)26(24-16)21-15-22-14-20(23-21)25-10-8-19(9-11-25)13-18-6-4-3-5-7-18/h3-7,12,14-15,19H,8-11,13H2,1-2H3. The summed E-state index contributed by atoms with van der Waals surface area (Å²) < 4.78 is 1.87. The number of hydrogen-bond acceptors (Lipinski definition) is 4. The molecule has 5 nitrogen and oxygen atoms in total. The SMILES string of the molecule is Cc1cc(C)n(-c2cncc(N3CCC(Cc4ccccc4)CC3)n2)n1. The number of piperidine rings is 1. The molecular weight excluding hydrogens is 322 g/mol. The second-order valence-electron chi connectivity index (χ2n) is 7.19. The number of aryl methyl sites for hydroxylation is 2. The van der Waals surface area contributed by atoms with Gasteiger partial charge in [-0.3, -0.25) is 4.98 Å². The predicted molar refractivity (Wildman–Crippen MR) is 104 cm³/mol. The van der Waals surface area contributed by atoms with Crippen LogP contribution < -0.4 is 4.90 Å². The van der Waals surface area contributed by atoms with Gasteiger partial charge in [0.15, 0.2) is 5.82 Å². The van der Waals surface area contributed by atoms with Crippen LogP contribution in [0.1, 0.15) is 29.8 Å². The van der Waals surface area contributed by atoms with Crippen LogP contribution in [0.5, 0.6) is 0 Å². The summed E-state index contributed by atoms with van der Waals surface area (Å²) in [6.45, 7) is 6.11. The first kappa shape index (κ1) is 16.8. The van der Waals surface area contributed by atoms with Crippen molar-refractivity contribution in [1.29, 1.82) is 0 Å². The Hall–Kier alpha value is -2.69. The van der Waals surface area contributed by atoms with Crippen molar-refractivity contribution < 1.29 is 0 Å². The lowest BCUT2D eigenvalue weighted by atomic mass is 9.90. The van der Waals surface area contributed by atoms with Gasteiger partial charge in [-0.1, -0.05) is 30.3 Å². The molecule has 3 heterocycles. The van der Waals surface area contributed by atoms with Crippen molar-refractivity contribution in [2.45, 2.75) is 33.1 Å². The fraction of sp³-hybridized carbons (Fsp3) is 0.381. The maximum absolute atomic E-state index is 4.81. The molecule has 3 aromatic rings. The summed E-state index contributed by atoms with van der Waals surface area (Å²) in [5.74, 6) is 2.49. The maximum atomic E-state index is 4.81. The molecule has 0 aliphatic carbocycles. The smallest absolute Gasteiger partial charge is 0.174 e. The van der Waals surface area contributed by atoms with Crippen molar-refractivity contribution in [3.05, 3.63) is 65.7 Å². The van der Waals surface area contributed by atoms with Gasteiger partial charge in [0.2, 0.25) is 0 Å². The molecule has 0 atom stereocenters. The Morgan fingerprint density at radius 3 is 2.42 bits per heavy atom. The summed E-state index contributed by atoms with van der Waals surface area (Å²) in [6, 6.07) is 12.9. The van der Waals surface area contributed by atoms with E-state index in [1.165, 1.54) is 24.8 Å². The molecule has 26 heavy (non-hydrogen) atoms. The normalized spacial score (nSPS) is 15.4. The zero-order valence-electron chi connectivity index (χ0n) is 15.5. The average Bonchev–Trinajstić information content (AvgIpc) is 3.01. The van der Waals surface area contributed by atoms with Crippen LogP contribution in [0.2, 0.25) is 0 Å². The molecule has 1 aromatic carbocycles. The minimum Gasteiger partial charge on any atom is -0.355 e. The fourth-order valence-corrected chi connectivity index (χ4v) is 3.77. The Morgan fingerprint density at radius 1 is 1.00 bits per heavy atom. The first-order valence-corrected chi connectivity index (χ1v) is 9.33. The molecule has 0 radical (unpaired) electrons. The van der Waals surface area contributed by atoms with E-state index in [4.69, 9.17) is 4.98 Å². The molecule has 0 amide bonds. The van der Waals surface area contributed by atoms with E-state index in [-0.39, 0.29) is 0 Å². The lowest BCUT2D eigenvalue weighted by molar-refractivity contribution is 0.402. The first-order valence-electron chi connectivity index (χ1n) is 9.33. The summed E-state index contributed by atoms with van der Waals surface area (Å²) >= 11 is 0. The average molecular weight is 347 g/mol. The number of benzene rings is 1. The second kappa shape index (κ2) is 7.28. The van der Waals surface area contributed by atoms with Gasteiger partial charge in [0.05, 0.1) is 18.1 Å². The summed E-state index contributed by atoms with van der Waals surface area (Å²) in [6.07, 6.45) is 7.21. The summed E-state index contributed by atoms with van der Waals surface area (Å²) in [4.78, 5) is 11.6.